The maximum Gasteiger partial charge on any atom is 0.326 e. The van der Waals surface area contributed by atoms with Gasteiger partial charge in [-0.3, -0.25) is 4.79 Å². The van der Waals surface area contributed by atoms with Crippen LogP contribution in [0.4, 0.5) is 0 Å². The van der Waals surface area contributed by atoms with E-state index in [4.69, 9.17) is 0 Å². The van der Waals surface area contributed by atoms with Gasteiger partial charge in [0.15, 0.2) is 0 Å². The average Bonchev–Trinajstić information content (AvgIpc) is 2.52. The molecule has 0 heterocycles. The molecule has 1 N–H and O–H groups in total. The Morgan fingerprint density at radius 2 is 1.30 bits per heavy atom. The molecule has 4 nitrogen and oxygen atoms in total. The molecule has 0 radical (unpaired) electrons. The summed E-state index contributed by atoms with van der Waals surface area (Å²) in [5.74, 6) is -0.919. The van der Waals surface area contributed by atoms with Gasteiger partial charge in [0.05, 0.1) is 0 Å². The highest BCUT2D eigenvalue weighted by Gasteiger charge is 2.25. The second-order valence-electron chi connectivity index (χ2n) is 6.58. The van der Waals surface area contributed by atoms with Crippen molar-refractivity contribution in [2.75, 3.05) is 7.05 Å². The van der Waals surface area contributed by atoms with Crippen LogP contribution in [0.15, 0.2) is 0 Å². The van der Waals surface area contributed by atoms with E-state index < -0.39 is 12.0 Å². The molecule has 0 aromatic heterocycles. The minimum atomic E-state index is -0.888. The van der Waals surface area contributed by atoms with Crippen LogP contribution in [0.1, 0.15) is 97.3 Å². The van der Waals surface area contributed by atoms with Crippen LogP contribution in [0.25, 0.3) is 0 Å². The molecular weight excluding hydrogens is 290 g/mol. The normalized spacial score (nSPS) is 12.1. The quantitative estimate of drug-likeness (QED) is 0.430. The smallest absolute Gasteiger partial charge is 0.326 e. The first kappa shape index (κ1) is 21.9. The second-order valence-corrected chi connectivity index (χ2v) is 6.58. The molecule has 1 atom stereocenters. The van der Waals surface area contributed by atoms with Crippen molar-refractivity contribution in [3.63, 3.8) is 0 Å². The minimum Gasteiger partial charge on any atom is -0.480 e. The number of carboxylic acid groups (broad SMARTS) is 1. The van der Waals surface area contributed by atoms with E-state index in [-0.39, 0.29) is 5.91 Å². The first-order valence-electron chi connectivity index (χ1n) is 9.53. The zero-order valence-corrected chi connectivity index (χ0v) is 15.5. The molecule has 4 heteroatoms. The van der Waals surface area contributed by atoms with Gasteiger partial charge in [-0.15, -0.1) is 0 Å². The Morgan fingerprint density at radius 3 is 1.78 bits per heavy atom. The summed E-state index contributed by atoms with van der Waals surface area (Å²) in [6.07, 6.45) is 13.8. The van der Waals surface area contributed by atoms with E-state index in [1.165, 1.54) is 49.8 Å². The predicted octanol–water partition coefficient (Wildman–Crippen LogP) is 5.01. The van der Waals surface area contributed by atoms with Crippen LogP contribution in [0, 0.1) is 0 Å². The number of likely N-dealkylation sites (N-methyl/N-ethyl adjacent to an activating group) is 1. The fourth-order valence-electron chi connectivity index (χ4n) is 2.82. The van der Waals surface area contributed by atoms with Gasteiger partial charge >= 0.3 is 5.97 Å². The lowest BCUT2D eigenvalue weighted by Crippen LogP contribution is -2.42. The van der Waals surface area contributed by atoms with Gasteiger partial charge in [0, 0.05) is 13.5 Å². The molecule has 0 rings (SSSR count). The lowest BCUT2D eigenvalue weighted by atomic mass is 10.1. The van der Waals surface area contributed by atoms with Gasteiger partial charge in [-0.2, -0.15) is 0 Å². The number of hydrogen-bond acceptors (Lipinski definition) is 2. The van der Waals surface area contributed by atoms with Crippen molar-refractivity contribution < 1.29 is 14.7 Å². The Bertz CT molecular complexity index is 318. The molecule has 0 aromatic rings. The van der Waals surface area contributed by atoms with Gasteiger partial charge in [-0.25, -0.2) is 4.79 Å². The Balaban J connectivity index is 3.80. The number of hydrogen-bond donors (Lipinski definition) is 1. The van der Waals surface area contributed by atoms with Crippen molar-refractivity contribution in [1.82, 2.24) is 4.90 Å². The fourth-order valence-corrected chi connectivity index (χ4v) is 2.82. The SMILES string of the molecule is CCCCCCCCCCCC(=O)N(C)C(CCCC)C(=O)O. The molecule has 0 aliphatic heterocycles. The van der Waals surface area contributed by atoms with Crippen molar-refractivity contribution in [1.29, 1.82) is 0 Å². The molecule has 136 valence electrons. The first-order chi connectivity index (χ1) is 11.0. The number of aliphatic carboxylic acids is 1. The molecule has 1 amide bonds. The Morgan fingerprint density at radius 1 is 0.826 bits per heavy atom. The molecule has 0 aliphatic rings. The number of carbonyl (C=O) groups excluding carboxylic acids is 1. The number of rotatable bonds is 15. The molecule has 0 saturated carbocycles. The summed E-state index contributed by atoms with van der Waals surface area (Å²) in [6.45, 7) is 4.26. The van der Waals surface area contributed by atoms with E-state index >= 15 is 0 Å². The molecule has 0 spiro atoms. The van der Waals surface area contributed by atoms with Crippen LogP contribution in [-0.4, -0.2) is 35.0 Å². The predicted molar refractivity (Wildman–Crippen MR) is 95.6 cm³/mol. The highest BCUT2D eigenvalue weighted by atomic mass is 16.4. The van der Waals surface area contributed by atoms with Crippen LogP contribution < -0.4 is 0 Å². The fraction of sp³-hybridized carbons (Fsp3) is 0.895. The highest BCUT2D eigenvalue weighted by Crippen LogP contribution is 2.13. The molecule has 0 aromatic carbocycles. The standard InChI is InChI=1S/C19H37NO3/c1-4-6-8-9-10-11-12-13-14-16-18(21)20(3)17(19(22)23)15-7-5-2/h17H,4-16H2,1-3H3,(H,22,23). The lowest BCUT2D eigenvalue weighted by molar-refractivity contribution is -0.149. The Hall–Kier alpha value is -1.06. The summed E-state index contributed by atoms with van der Waals surface area (Å²) in [4.78, 5) is 24.8. The third-order valence-corrected chi connectivity index (χ3v) is 4.47. The molecule has 23 heavy (non-hydrogen) atoms. The van der Waals surface area contributed by atoms with E-state index in [2.05, 4.69) is 6.92 Å². The second kappa shape index (κ2) is 14.5. The van der Waals surface area contributed by atoms with E-state index in [0.717, 1.165) is 25.7 Å². The van der Waals surface area contributed by atoms with Crippen LogP contribution in [0.2, 0.25) is 0 Å². The van der Waals surface area contributed by atoms with E-state index in [1.807, 2.05) is 6.92 Å². The molecule has 0 fully saturated rings. The van der Waals surface area contributed by atoms with Crippen molar-refractivity contribution >= 4 is 11.9 Å². The zero-order valence-electron chi connectivity index (χ0n) is 15.5. The van der Waals surface area contributed by atoms with Gasteiger partial charge < -0.3 is 10.0 Å². The number of carbonyl (C=O) groups is 2. The van der Waals surface area contributed by atoms with Crippen molar-refractivity contribution in [2.24, 2.45) is 0 Å². The molecule has 0 bridgehead atoms. The van der Waals surface area contributed by atoms with E-state index in [9.17, 15) is 14.7 Å². The van der Waals surface area contributed by atoms with Gasteiger partial charge in [0.1, 0.15) is 6.04 Å². The Labute approximate surface area is 142 Å². The van der Waals surface area contributed by atoms with Crippen molar-refractivity contribution in [3.05, 3.63) is 0 Å². The number of amides is 1. The maximum atomic E-state index is 12.1. The summed E-state index contributed by atoms with van der Waals surface area (Å²) >= 11 is 0. The number of carboxylic acids is 1. The van der Waals surface area contributed by atoms with E-state index in [1.54, 1.807) is 7.05 Å². The van der Waals surface area contributed by atoms with Gasteiger partial charge in [0.2, 0.25) is 5.91 Å². The van der Waals surface area contributed by atoms with Crippen LogP contribution in [0.3, 0.4) is 0 Å². The summed E-state index contributed by atoms with van der Waals surface area (Å²) in [6, 6.07) is -0.666. The monoisotopic (exact) mass is 327 g/mol. The van der Waals surface area contributed by atoms with Crippen molar-refractivity contribution in [3.8, 4) is 0 Å². The molecule has 0 saturated heterocycles. The highest BCUT2D eigenvalue weighted by molar-refractivity contribution is 5.83. The van der Waals surface area contributed by atoms with Crippen LogP contribution >= 0.6 is 0 Å². The van der Waals surface area contributed by atoms with Crippen LogP contribution in [-0.2, 0) is 9.59 Å². The third-order valence-electron chi connectivity index (χ3n) is 4.47. The first-order valence-corrected chi connectivity index (χ1v) is 9.53. The zero-order chi connectivity index (χ0) is 17.5. The van der Waals surface area contributed by atoms with Gasteiger partial charge in [-0.05, 0) is 12.8 Å². The largest absolute Gasteiger partial charge is 0.480 e. The minimum absolute atomic E-state index is 0.0311. The van der Waals surface area contributed by atoms with Crippen LogP contribution in [0.5, 0.6) is 0 Å². The summed E-state index contributed by atoms with van der Waals surface area (Å²) in [5.41, 5.74) is 0. The third kappa shape index (κ3) is 11.2. The average molecular weight is 328 g/mol. The molecular formula is C19H37NO3. The summed E-state index contributed by atoms with van der Waals surface area (Å²) in [5, 5.41) is 9.26. The number of nitrogens with zero attached hydrogens (tertiary/aromatic N) is 1. The Kier molecular flexibility index (Phi) is 13.9. The summed E-state index contributed by atoms with van der Waals surface area (Å²) < 4.78 is 0. The topological polar surface area (TPSA) is 57.6 Å². The molecule has 1 unspecified atom stereocenters. The molecule has 0 aliphatic carbocycles. The van der Waals surface area contributed by atoms with Crippen molar-refractivity contribution in [2.45, 2.75) is 103 Å². The lowest BCUT2D eigenvalue weighted by Gasteiger charge is -2.24. The van der Waals surface area contributed by atoms with Gasteiger partial charge in [-0.1, -0.05) is 78.1 Å². The van der Waals surface area contributed by atoms with E-state index in [0.29, 0.717) is 12.8 Å². The maximum absolute atomic E-state index is 12.1. The van der Waals surface area contributed by atoms with Gasteiger partial charge in [0.25, 0.3) is 0 Å². The summed E-state index contributed by atoms with van der Waals surface area (Å²) in [7, 11) is 1.63. The number of unbranched alkanes of at least 4 members (excludes halogenated alkanes) is 9.